The largest absolute Gasteiger partial charge is 0.388 e. The summed E-state index contributed by atoms with van der Waals surface area (Å²) in [6, 6.07) is 0. The summed E-state index contributed by atoms with van der Waals surface area (Å²) in [4.78, 5) is 13.6. The lowest BCUT2D eigenvalue weighted by Crippen LogP contribution is -2.33. The Bertz CT molecular complexity index is 318. The summed E-state index contributed by atoms with van der Waals surface area (Å²) in [6.45, 7) is 5.38. The van der Waals surface area contributed by atoms with Crippen molar-refractivity contribution in [1.82, 2.24) is 14.8 Å². The molecule has 1 aromatic heterocycles. The second kappa shape index (κ2) is 2.75. The van der Waals surface area contributed by atoms with Gasteiger partial charge in [0, 0.05) is 0 Å². The zero-order valence-corrected chi connectivity index (χ0v) is 7.46. The van der Waals surface area contributed by atoms with E-state index in [9.17, 15) is 4.79 Å². The molecule has 68 valence electrons. The number of nitrogens with one attached hydrogen (secondary N) is 1. The third kappa shape index (κ3) is 1.55. The monoisotopic (exact) mass is 171 g/mol. The Labute approximate surface area is 70.0 Å². The molecule has 1 aromatic rings. The van der Waals surface area contributed by atoms with Gasteiger partial charge in [0.2, 0.25) is 0 Å². The number of aliphatic hydroxyl groups excluding tert-OH is 1. The number of nitrogens with zero attached hydrogens (tertiary/aromatic N) is 2. The quantitative estimate of drug-likeness (QED) is 0.615. The maximum atomic E-state index is 11.2. The predicted molar refractivity (Wildman–Crippen MR) is 43.8 cm³/mol. The van der Waals surface area contributed by atoms with E-state index in [4.69, 9.17) is 5.11 Å². The first-order valence-corrected chi connectivity index (χ1v) is 3.74. The topological polar surface area (TPSA) is 70.9 Å². The predicted octanol–water partition coefficient (Wildman–Crippen LogP) is -0.181. The van der Waals surface area contributed by atoms with Crippen molar-refractivity contribution in [3.8, 4) is 0 Å². The summed E-state index contributed by atoms with van der Waals surface area (Å²) in [5.41, 5.74) is -0.632. The lowest BCUT2D eigenvalue weighted by atomic mass is 10.1. The average molecular weight is 171 g/mol. The fourth-order valence-corrected chi connectivity index (χ4v) is 0.893. The summed E-state index contributed by atoms with van der Waals surface area (Å²) < 4.78 is 1.32. The molecule has 5 nitrogen and oxygen atoms in total. The van der Waals surface area contributed by atoms with Gasteiger partial charge < -0.3 is 5.11 Å². The van der Waals surface area contributed by atoms with Crippen LogP contribution in [0.5, 0.6) is 0 Å². The lowest BCUT2D eigenvalue weighted by molar-refractivity contribution is 0.266. The normalized spacial score (nSPS) is 12.0. The Balaban J connectivity index is 3.17. The smallest absolute Gasteiger partial charge is 0.343 e. The molecular formula is C7H13N3O2. The Kier molecular flexibility index (Phi) is 2.06. The van der Waals surface area contributed by atoms with E-state index in [0.717, 1.165) is 0 Å². The van der Waals surface area contributed by atoms with E-state index in [2.05, 4.69) is 10.1 Å². The molecule has 0 saturated heterocycles. The van der Waals surface area contributed by atoms with Crippen LogP contribution >= 0.6 is 0 Å². The van der Waals surface area contributed by atoms with Crippen LogP contribution in [-0.2, 0) is 12.1 Å². The minimum Gasteiger partial charge on any atom is -0.388 e. The Hall–Kier alpha value is -1.10. The SMILES string of the molecule is CC(C)(C)n1nc(CO)[nH]c1=O. The summed E-state index contributed by atoms with van der Waals surface area (Å²) in [7, 11) is 0. The van der Waals surface area contributed by atoms with E-state index in [0.29, 0.717) is 5.82 Å². The molecular weight excluding hydrogens is 158 g/mol. The number of H-pyrrole nitrogens is 1. The van der Waals surface area contributed by atoms with Crippen LogP contribution < -0.4 is 5.69 Å². The van der Waals surface area contributed by atoms with Gasteiger partial charge in [-0.05, 0) is 20.8 Å². The molecule has 0 amide bonds. The van der Waals surface area contributed by atoms with E-state index in [1.807, 2.05) is 20.8 Å². The molecule has 1 heterocycles. The minimum absolute atomic E-state index is 0.238. The Morgan fingerprint density at radius 1 is 1.58 bits per heavy atom. The van der Waals surface area contributed by atoms with Crippen molar-refractivity contribution >= 4 is 0 Å². The third-order valence-electron chi connectivity index (χ3n) is 1.45. The average Bonchev–Trinajstić information content (AvgIpc) is 2.29. The number of aliphatic hydroxyl groups is 1. The summed E-state index contributed by atoms with van der Waals surface area (Å²) in [5, 5.41) is 12.6. The van der Waals surface area contributed by atoms with Gasteiger partial charge in [-0.1, -0.05) is 0 Å². The second-order valence-corrected chi connectivity index (χ2v) is 3.62. The first kappa shape index (κ1) is 8.99. The molecule has 0 atom stereocenters. The molecule has 5 heteroatoms. The summed E-state index contributed by atoms with van der Waals surface area (Å²) in [5.74, 6) is 0.301. The number of rotatable bonds is 1. The molecule has 0 saturated carbocycles. The molecule has 0 aliphatic rings. The van der Waals surface area contributed by atoms with E-state index in [1.165, 1.54) is 4.68 Å². The van der Waals surface area contributed by atoms with Gasteiger partial charge in [0.05, 0.1) is 5.54 Å². The fourth-order valence-electron chi connectivity index (χ4n) is 0.893. The van der Waals surface area contributed by atoms with Gasteiger partial charge in [-0.15, -0.1) is 0 Å². The van der Waals surface area contributed by atoms with Gasteiger partial charge >= 0.3 is 5.69 Å². The van der Waals surface area contributed by atoms with E-state index in [-0.39, 0.29) is 17.8 Å². The van der Waals surface area contributed by atoms with Crippen LogP contribution in [0.25, 0.3) is 0 Å². The molecule has 0 radical (unpaired) electrons. The maximum absolute atomic E-state index is 11.2. The van der Waals surface area contributed by atoms with Crippen LogP contribution in [-0.4, -0.2) is 19.9 Å². The van der Waals surface area contributed by atoms with Gasteiger partial charge in [-0.3, -0.25) is 4.98 Å². The molecule has 0 bridgehead atoms. The zero-order chi connectivity index (χ0) is 9.35. The molecule has 1 rings (SSSR count). The highest BCUT2D eigenvalue weighted by Crippen LogP contribution is 2.07. The first-order valence-electron chi connectivity index (χ1n) is 3.74. The van der Waals surface area contributed by atoms with Crippen LogP contribution in [0.4, 0.5) is 0 Å². The van der Waals surface area contributed by atoms with Crippen molar-refractivity contribution in [3.63, 3.8) is 0 Å². The fraction of sp³-hybridized carbons (Fsp3) is 0.714. The van der Waals surface area contributed by atoms with Crippen molar-refractivity contribution in [2.75, 3.05) is 0 Å². The molecule has 12 heavy (non-hydrogen) atoms. The highest BCUT2D eigenvalue weighted by Gasteiger charge is 2.17. The molecule has 0 fully saturated rings. The number of aromatic nitrogens is 3. The standard InChI is InChI=1S/C7H13N3O2/c1-7(2,3)10-6(12)8-5(4-11)9-10/h11H,4H2,1-3H3,(H,8,9,12). The second-order valence-electron chi connectivity index (χ2n) is 3.62. The van der Waals surface area contributed by atoms with Crippen LogP contribution in [0.15, 0.2) is 4.79 Å². The maximum Gasteiger partial charge on any atom is 0.343 e. The van der Waals surface area contributed by atoms with Crippen molar-refractivity contribution in [1.29, 1.82) is 0 Å². The Morgan fingerprint density at radius 3 is 2.42 bits per heavy atom. The van der Waals surface area contributed by atoms with Crippen LogP contribution in [0.2, 0.25) is 0 Å². The highest BCUT2D eigenvalue weighted by molar-refractivity contribution is 4.83. The van der Waals surface area contributed by atoms with E-state index in [1.54, 1.807) is 0 Å². The van der Waals surface area contributed by atoms with Crippen LogP contribution in [0.3, 0.4) is 0 Å². The number of aromatic amines is 1. The van der Waals surface area contributed by atoms with Crippen molar-refractivity contribution in [3.05, 3.63) is 16.3 Å². The zero-order valence-electron chi connectivity index (χ0n) is 7.46. The number of hydrogen-bond donors (Lipinski definition) is 2. The van der Waals surface area contributed by atoms with Gasteiger partial charge in [-0.2, -0.15) is 5.10 Å². The molecule has 2 N–H and O–H groups in total. The lowest BCUT2D eigenvalue weighted by Gasteiger charge is -2.16. The third-order valence-corrected chi connectivity index (χ3v) is 1.45. The van der Waals surface area contributed by atoms with Crippen LogP contribution in [0.1, 0.15) is 26.6 Å². The minimum atomic E-state index is -0.346. The molecule has 0 aliphatic carbocycles. The number of hydrogen-bond acceptors (Lipinski definition) is 3. The van der Waals surface area contributed by atoms with E-state index >= 15 is 0 Å². The summed E-state index contributed by atoms with van der Waals surface area (Å²) >= 11 is 0. The molecule has 0 aromatic carbocycles. The van der Waals surface area contributed by atoms with Gasteiger partial charge in [0.15, 0.2) is 5.82 Å². The van der Waals surface area contributed by atoms with Crippen molar-refractivity contribution in [2.45, 2.75) is 32.9 Å². The first-order chi connectivity index (χ1) is 5.45. The molecule has 0 unspecified atom stereocenters. The molecule has 0 spiro atoms. The molecule has 0 aliphatic heterocycles. The van der Waals surface area contributed by atoms with Crippen molar-refractivity contribution in [2.24, 2.45) is 0 Å². The summed E-state index contributed by atoms with van der Waals surface area (Å²) in [6.07, 6.45) is 0. The van der Waals surface area contributed by atoms with Crippen LogP contribution in [0, 0.1) is 0 Å². The highest BCUT2D eigenvalue weighted by atomic mass is 16.3. The van der Waals surface area contributed by atoms with Gasteiger partial charge in [-0.25, -0.2) is 9.48 Å². The van der Waals surface area contributed by atoms with Crippen molar-refractivity contribution < 1.29 is 5.11 Å². The van der Waals surface area contributed by atoms with Gasteiger partial charge in [0.1, 0.15) is 6.61 Å². The van der Waals surface area contributed by atoms with E-state index < -0.39 is 0 Å². The van der Waals surface area contributed by atoms with Gasteiger partial charge in [0.25, 0.3) is 0 Å². The Morgan fingerprint density at radius 2 is 2.17 bits per heavy atom.